The van der Waals surface area contributed by atoms with Crippen LogP contribution >= 0.6 is 8.60 Å². The SMILES string of the molecule is CCCNCCC.CCCNCCC.CCCNCCC.OP(O)O. The van der Waals surface area contributed by atoms with Crippen molar-refractivity contribution in [3.05, 3.63) is 0 Å². The monoisotopic (exact) mass is 385 g/mol. The van der Waals surface area contributed by atoms with Crippen LogP contribution in [0.25, 0.3) is 0 Å². The number of hydrogen-bond acceptors (Lipinski definition) is 6. The molecule has 0 heterocycles. The Labute approximate surface area is 159 Å². The Morgan fingerprint density at radius 3 is 0.640 bits per heavy atom. The molecule has 0 aliphatic rings. The zero-order chi connectivity index (χ0) is 20.2. The second-order valence-corrected chi connectivity index (χ2v) is 6.05. The van der Waals surface area contributed by atoms with E-state index < -0.39 is 8.60 Å². The summed E-state index contributed by atoms with van der Waals surface area (Å²) in [4.78, 5) is 21.7. The molecule has 0 fully saturated rings. The second kappa shape index (κ2) is 39.3. The maximum atomic E-state index is 7.23. The van der Waals surface area contributed by atoms with Crippen molar-refractivity contribution in [2.75, 3.05) is 39.3 Å². The van der Waals surface area contributed by atoms with E-state index in [9.17, 15) is 0 Å². The van der Waals surface area contributed by atoms with Crippen LogP contribution in [0.2, 0.25) is 0 Å². The van der Waals surface area contributed by atoms with Crippen LogP contribution in [-0.2, 0) is 0 Å². The Bertz CT molecular complexity index is 141. The Balaban J connectivity index is -0.000000120. The Hall–Kier alpha value is 0.190. The van der Waals surface area contributed by atoms with Crippen molar-refractivity contribution >= 4 is 8.60 Å². The Morgan fingerprint density at radius 2 is 0.560 bits per heavy atom. The van der Waals surface area contributed by atoms with Crippen LogP contribution in [0.5, 0.6) is 0 Å². The van der Waals surface area contributed by atoms with Gasteiger partial charge >= 0.3 is 8.60 Å². The molecule has 25 heavy (non-hydrogen) atoms. The largest absolute Gasteiger partial charge is 0.328 e. The molecule has 0 saturated heterocycles. The Morgan fingerprint density at radius 1 is 0.440 bits per heavy atom. The summed E-state index contributed by atoms with van der Waals surface area (Å²) in [7, 11) is -2.62. The van der Waals surface area contributed by atoms with Crippen molar-refractivity contribution < 1.29 is 14.7 Å². The summed E-state index contributed by atoms with van der Waals surface area (Å²) in [5.74, 6) is 0. The van der Waals surface area contributed by atoms with Gasteiger partial charge in [0.05, 0.1) is 0 Å². The number of rotatable bonds is 12. The predicted molar refractivity (Wildman–Crippen MR) is 114 cm³/mol. The lowest BCUT2D eigenvalue weighted by atomic mass is 10.4. The third-order valence-corrected chi connectivity index (χ3v) is 2.56. The van der Waals surface area contributed by atoms with Crippen LogP contribution in [0.4, 0.5) is 0 Å². The summed E-state index contributed by atoms with van der Waals surface area (Å²) in [6.45, 7) is 20.1. The molecule has 0 saturated carbocycles. The molecule has 7 heteroatoms. The first-order valence-corrected chi connectivity index (χ1v) is 11.2. The zero-order valence-corrected chi connectivity index (χ0v) is 18.7. The molecule has 0 rings (SSSR count). The second-order valence-electron chi connectivity index (χ2n) is 5.52. The van der Waals surface area contributed by atoms with Gasteiger partial charge in [0.15, 0.2) is 0 Å². The number of nitrogens with one attached hydrogen (secondary N) is 3. The molecule has 0 aliphatic carbocycles. The van der Waals surface area contributed by atoms with E-state index >= 15 is 0 Å². The summed E-state index contributed by atoms with van der Waals surface area (Å²) in [6.07, 6.45) is 7.50. The summed E-state index contributed by atoms with van der Waals surface area (Å²) >= 11 is 0. The van der Waals surface area contributed by atoms with E-state index in [1.165, 1.54) is 77.8 Å². The Kier molecular flexibility index (Phi) is 51.6. The van der Waals surface area contributed by atoms with Gasteiger partial charge in [-0.05, 0) is 77.8 Å². The van der Waals surface area contributed by atoms with Gasteiger partial charge in [-0.25, -0.2) is 0 Å². The molecule has 0 radical (unpaired) electrons. The van der Waals surface area contributed by atoms with E-state index in [4.69, 9.17) is 14.7 Å². The first kappa shape index (κ1) is 32.8. The van der Waals surface area contributed by atoms with E-state index in [-0.39, 0.29) is 0 Å². The summed E-state index contributed by atoms with van der Waals surface area (Å²) in [6, 6.07) is 0. The van der Waals surface area contributed by atoms with Crippen molar-refractivity contribution in [2.45, 2.75) is 80.1 Å². The molecule has 0 aromatic heterocycles. The lowest BCUT2D eigenvalue weighted by Gasteiger charge is -1.95. The molecular formula is C18H48N3O3P. The quantitative estimate of drug-likeness (QED) is 0.228. The van der Waals surface area contributed by atoms with Crippen LogP contribution in [0, 0.1) is 0 Å². The van der Waals surface area contributed by atoms with Gasteiger partial charge in [-0.3, -0.25) is 0 Å². The molecule has 6 nitrogen and oxygen atoms in total. The van der Waals surface area contributed by atoms with Gasteiger partial charge in [-0.2, -0.15) is 0 Å². The summed E-state index contributed by atoms with van der Waals surface area (Å²) in [5.41, 5.74) is 0. The molecule has 0 aliphatic heterocycles. The highest BCUT2D eigenvalue weighted by atomic mass is 31.2. The normalized spacial score (nSPS) is 9.36. The van der Waals surface area contributed by atoms with Crippen LogP contribution in [0.15, 0.2) is 0 Å². The van der Waals surface area contributed by atoms with Gasteiger partial charge < -0.3 is 30.6 Å². The van der Waals surface area contributed by atoms with E-state index in [0.717, 1.165) is 0 Å². The molecule has 6 N–H and O–H groups in total. The maximum absolute atomic E-state index is 7.23. The third-order valence-electron chi connectivity index (χ3n) is 2.56. The lowest BCUT2D eigenvalue weighted by molar-refractivity contribution is 0.368. The minimum Gasteiger partial charge on any atom is -0.328 e. The van der Waals surface area contributed by atoms with E-state index in [1.807, 2.05) is 0 Å². The van der Waals surface area contributed by atoms with Gasteiger partial charge in [0.2, 0.25) is 0 Å². The van der Waals surface area contributed by atoms with Crippen LogP contribution in [-0.4, -0.2) is 53.9 Å². The van der Waals surface area contributed by atoms with E-state index in [2.05, 4.69) is 57.5 Å². The van der Waals surface area contributed by atoms with Gasteiger partial charge in [-0.1, -0.05) is 41.5 Å². The summed E-state index contributed by atoms with van der Waals surface area (Å²) < 4.78 is 0. The van der Waals surface area contributed by atoms with Gasteiger partial charge in [0, 0.05) is 0 Å². The molecule has 0 unspecified atom stereocenters. The van der Waals surface area contributed by atoms with Crippen molar-refractivity contribution in [1.82, 2.24) is 16.0 Å². The average molecular weight is 386 g/mol. The topological polar surface area (TPSA) is 96.8 Å². The van der Waals surface area contributed by atoms with Gasteiger partial charge in [-0.15, -0.1) is 0 Å². The van der Waals surface area contributed by atoms with E-state index in [0.29, 0.717) is 0 Å². The standard InChI is InChI=1S/3C6H15N.H3O3P/c3*1-3-5-7-6-4-2;1-4(2)3/h3*7H,3-6H2,1-2H3;1-3H. The highest BCUT2D eigenvalue weighted by Gasteiger charge is 1.78. The molecule has 0 bridgehead atoms. The van der Waals surface area contributed by atoms with Gasteiger partial charge in [0.25, 0.3) is 0 Å². The smallest absolute Gasteiger partial charge is 0.324 e. The fraction of sp³-hybridized carbons (Fsp3) is 1.00. The van der Waals surface area contributed by atoms with E-state index in [1.54, 1.807) is 0 Å². The molecule has 0 atom stereocenters. The maximum Gasteiger partial charge on any atom is 0.324 e. The molecule has 0 spiro atoms. The first-order valence-electron chi connectivity index (χ1n) is 9.96. The van der Waals surface area contributed by atoms with Crippen LogP contribution in [0.3, 0.4) is 0 Å². The fourth-order valence-electron chi connectivity index (χ4n) is 1.44. The van der Waals surface area contributed by atoms with Crippen molar-refractivity contribution in [1.29, 1.82) is 0 Å². The minimum absolute atomic E-state index is 1.17. The van der Waals surface area contributed by atoms with Crippen molar-refractivity contribution in [2.24, 2.45) is 0 Å². The highest BCUT2D eigenvalue weighted by Crippen LogP contribution is 2.11. The third kappa shape index (κ3) is 80.2. The van der Waals surface area contributed by atoms with Crippen LogP contribution in [0.1, 0.15) is 80.1 Å². The molecular weight excluding hydrogens is 337 g/mol. The summed E-state index contributed by atoms with van der Waals surface area (Å²) in [5, 5.41) is 9.85. The van der Waals surface area contributed by atoms with Gasteiger partial charge in [0.1, 0.15) is 0 Å². The highest BCUT2D eigenvalue weighted by molar-refractivity contribution is 7.38. The van der Waals surface area contributed by atoms with Crippen molar-refractivity contribution in [3.8, 4) is 0 Å². The van der Waals surface area contributed by atoms with Crippen molar-refractivity contribution in [3.63, 3.8) is 0 Å². The fourth-order valence-corrected chi connectivity index (χ4v) is 1.44. The molecule has 0 aromatic carbocycles. The zero-order valence-electron chi connectivity index (χ0n) is 17.8. The molecule has 0 amide bonds. The predicted octanol–water partition coefficient (Wildman–Crippen LogP) is 3.38. The molecule has 158 valence electrons. The van der Waals surface area contributed by atoms with Crippen LogP contribution < -0.4 is 16.0 Å². The number of hydrogen-bond donors (Lipinski definition) is 6. The lowest BCUT2D eigenvalue weighted by Crippen LogP contribution is -2.14. The average Bonchev–Trinajstić information content (AvgIpc) is 2.57. The molecule has 0 aromatic rings. The first-order chi connectivity index (χ1) is 12.0. The minimum atomic E-state index is -2.62.